The van der Waals surface area contributed by atoms with E-state index in [-0.39, 0.29) is 5.69 Å². The number of hydrogen-bond donors (Lipinski definition) is 1. The number of aromatic nitrogens is 5. The van der Waals surface area contributed by atoms with Crippen molar-refractivity contribution in [1.82, 2.24) is 24.7 Å². The summed E-state index contributed by atoms with van der Waals surface area (Å²) in [7, 11) is 0. The Morgan fingerprint density at radius 2 is 2.00 bits per heavy atom. The standard InChI is InChI=1S/C20H18Cl2N6O2/c1-12-7-18(25-28(12)9-14-5-3-4-6-17(14)22)24-20(29)19-16(13(2)30-26-19)11-27-10-15(21)8-23-27/h3-8,10H,9,11H2,1-2H3,(H,24,25,29). The molecule has 3 heterocycles. The third-order valence-corrected chi connectivity index (χ3v) is 5.19. The number of carbonyl (C=O) groups excluding carboxylic acids is 1. The lowest BCUT2D eigenvalue weighted by Crippen LogP contribution is -2.16. The van der Waals surface area contributed by atoms with E-state index in [1.54, 1.807) is 28.6 Å². The maximum Gasteiger partial charge on any atom is 0.279 e. The van der Waals surface area contributed by atoms with E-state index < -0.39 is 5.91 Å². The normalized spacial score (nSPS) is 11.1. The van der Waals surface area contributed by atoms with Gasteiger partial charge in [0.2, 0.25) is 0 Å². The van der Waals surface area contributed by atoms with E-state index in [1.807, 2.05) is 31.2 Å². The van der Waals surface area contributed by atoms with Crippen LogP contribution >= 0.6 is 23.2 Å². The summed E-state index contributed by atoms with van der Waals surface area (Å²) in [5, 5.41) is 16.5. The molecule has 0 saturated carbocycles. The molecule has 0 saturated heterocycles. The minimum atomic E-state index is -0.414. The molecule has 1 amide bonds. The fourth-order valence-electron chi connectivity index (χ4n) is 3.04. The van der Waals surface area contributed by atoms with E-state index in [1.165, 1.54) is 6.20 Å². The van der Waals surface area contributed by atoms with Gasteiger partial charge in [0.25, 0.3) is 5.91 Å². The molecule has 3 aromatic heterocycles. The first-order chi connectivity index (χ1) is 14.4. The van der Waals surface area contributed by atoms with Crippen LogP contribution in [0.3, 0.4) is 0 Å². The Balaban J connectivity index is 1.52. The van der Waals surface area contributed by atoms with Crippen LogP contribution in [0.5, 0.6) is 0 Å². The number of hydrogen-bond acceptors (Lipinski definition) is 5. The lowest BCUT2D eigenvalue weighted by atomic mass is 10.2. The van der Waals surface area contributed by atoms with Crippen molar-refractivity contribution in [2.45, 2.75) is 26.9 Å². The summed E-state index contributed by atoms with van der Waals surface area (Å²) in [6.07, 6.45) is 3.19. The quantitative estimate of drug-likeness (QED) is 0.477. The molecule has 30 heavy (non-hydrogen) atoms. The van der Waals surface area contributed by atoms with Crippen LogP contribution in [0.15, 0.2) is 47.2 Å². The molecule has 0 radical (unpaired) electrons. The molecule has 154 valence electrons. The van der Waals surface area contributed by atoms with Gasteiger partial charge in [-0.15, -0.1) is 0 Å². The molecule has 8 nitrogen and oxygen atoms in total. The Labute approximate surface area is 182 Å². The Kier molecular flexibility index (Phi) is 5.61. The van der Waals surface area contributed by atoms with Gasteiger partial charge in [0, 0.05) is 28.5 Å². The first-order valence-corrected chi connectivity index (χ1v) is 9.88. The average Bonchev–Trinajstić information content (AvgIpc) is 3.38. The fraction of sp³-hybridized carbons (Fsp3) is 0.200. The average molecular weight is 445 g/mol. The van der Waals surface area contributed by atoms with Gasteiger partial charge in [-0.1, -0.05) is 46.6 Å². The summed E-state index contributed by atoms with van der Waals surface area (Å²) in [4.78, 5) is 12.8. The minimum Gasteiger partial charge on any atom is -0.361 e. The molecule has 0 fully saturated rings. The Bertz CT molecular complexity index is 1210. The van der Waals surface area contributed by atoms with Crippen molar-refractivity contribution in [3.63, 3.8) is 0 Å². The smallest absolute Gasteiger partial charge is 0.279 e. The van der Waals surface area contributed by atoms with Crippen LogP contribution in [0.25, 0.3) is 0 Å². The molecule has 10 heteroatoms. The van der Waals surface area contributed by atoms with Crippen molar-refractivity contribution in [2.24, 2.45) is 0 Å². The van der Waals surface area contributed by atoms with Crippen LogP contribution in [-0.2, 0) is 13.1 Å². The van der Waals surface area contributed by atoms with E-state index in [0.29, 0.717) is 40.3 Å². The van der Waals surface area contributed by atoms with Gasteiger partial charge in [0.1, 0.15) is 5.76 Å². The van der Waals surface area contributed by atoms with E-state index in [0.717, 1.165) is 11.3 Å². The van der Waals surface area contributed by atoms with Crippen molar-refractivity contribution in [1.29, 1.82) is 0 Å². The second kappa shape index (κ2) is 8.33. The van der Waals surface area contributed by atoms with Gasteiger partial charge in [0.05, 0.1) is 24.3 Å². The molecule has 0 spiro atoms. The molecule has 0 bridgehead atoms. The number of halogens is 2. The molecule has 1 N–H and O–H groups in total. The summed E-state index contributed by atoms with van der Waals surface area (Å²) in [6.45, 7) is 4.46. The Morgan fingerprint density at radius 3 is 2.73 bits per heavy atom. The van der Waals surface area contributed by atoms with Crippen molar-refractivity contribution >= 4 is 34.9 Å². The molecule has 0 aliphatic heterocycles. The van der Waals surface area contributed by atoms with Gasteiger partial charge in [-0.05, 0) is 25.5 Å². The van der Waals surface area contributed by atoms with Crippen molar-refractivity contribution in [2.75, 3.05) is 5.32 Å². The van der Waals surface area contributed by atoms with E-state index in [4.69, 9.17) is 27.7 Å². The second-order valence-electron chi connectivity index (χ2n) is 6.80. The molecule has 0 atom stereocenters. The third kappa shape index (κ3) is 4.24. The maximum absolute atomic E-state index is 12.8. The van der Waals surface area contributed by atoms with E-state index in [9.17, 15) is 4.79 Å². The Morgan fingerprint density at radius 1 is 1.20 bits per heavy atom. The van der Waals surface area contributed by atoms with Crippen LogP contribution in [0.4, 0.5) is 5.82 Å². The fourth-order valence-corrected chi connectivity index (χ4v) is 3.39. The molecular formula is C20H18Cl2N6O2. The maximum atomic E-state index is 12.8. The third-order valence-electron chi connectivity index (χ3n) is 4.62. The summed E-state index contributed by atoms with van der Waals surface area (Å²) >= 11 is 12.2. The molecule has 0 aliphatic rings. The first kappa shape index (κ1) is 20.2. The van der Waals surface area contributed by atoms with E-state index in [2.05, 4.69) is 20.7 Å². The minimum absolute atomic E-state index is 0.178. The number of nitrogens with zero attached hydrogens (tertiary/aromatic N) is 5. The number of rotatable bonds is 6. The largest absolute Gasteiger partial charge is 0.361 e. The zero-order chi connectivity index (χ0) is 21.3. The number of aryl methyl sites for hydroxylation is 2. The molecule has 4 aromatic rings. The van der Waals surface area contributed by atoms with Crippen LogP contribution in [0.1, 0.15) is 33.1 Å². The van der Waals surface area contributed by atoms with Gasteiger partial charge >= 0.3 is 0 Å². The molecule has 4 rings (SSSR count). The highest BCUT2D eigenvalue weighted by molar-refractivity contribution is 6.31. The lowest BCUT2D eigenvalue weighted by Gasteiger charge is -2.06. The Hall–Kier alpha value is -3.10. The van der Waals surface area contributed by atoms with Crippen LogP contribution in [0, 0.1) is 13.8 Å². The van der Waals surface area contributed by atoms with Gasteiger partial charge in [-0.3, -0.25) is 14.2 Å². The van der Waals surface area contributed by atoms with Crippen molar-refractivity contribution < 1.29 is 9.32 Å². The van der Waals surface area contributed by atoms with Crippen molar-refractivity contribution in [3.8, 4) is 0 Å². The number of carbonyl (C=O) groups is 1. The SMILES string of the molecule is Cc1onc(C(=O)Nc2cc(C)n(Cc3ccccc3Cl)n2)c1Cn1cc(Cl)cn1. The molecule has 0 aliphatic carbocycles. The monoisotopic (exact) mass is 444 g/mol. The van der Waals surface area contributed by atoms with Gasteiger partial charge in [-0.25, -0.2) is 0 Å². The summed E-state index contributed by atoms with van der Waals surface area (Å²) < 4.78 is 8.62. The summed E-state index contributed by atoms with van der Waals surface area (Å²) in [6, 6.07) is 9.36. The van der Waals surface area contributed by atoms with Crippen LogP contribution < -0.4 is 5.32 Å². The van der Waals surface area contributed by atoms with Gasteiger partial charge in [0.15, 0.2) is 11.5 Å². The lowest BCUT2D eigenvalue weighted by molar-refractivity contribution is 0.101. The highest BCUT2D eigenvalue weighted by atomic mass is 35.5. The highest BCUT2D eigenvalue weighted by Gasteiger charge is 2.21. The molecule has 1 aromatic carbocycles. The highest BCUT2D eigenvalue weighted by Crippen LogP contribution is 2.20. The number of nitrogens with one attached hydrogen (secondary N) is 1. The zero-order valence-electron chi connectivity index (χ0n) is 16.3. The zero-order valence-corrected chi connectivity index (χ0v) is 17.8. The number of anilines is 1. The van der Waals surface area contributed by atoms with Crippen LogP contribution in [0.2, 0.25) is 10.0 Å². The summed E-state index contributed by atoms with van der Waals surface area (Å²) in [5.41, 5.74) is 2.63. The van der Waals surface area contributed by atoms with E-state index >= 15 is 0 Å². The molecule has 0 unspecified atom stereocenters. The molecular weight excluding hydrogens is 427 g/mol. The number of amides is 1. The number of benzene rings is 1. The first-order valence-electron chi connectivity index (χ1n) is 9.13. The predicted octanol–water partition coefficient (Wildman–Crippen LogP) is 4.34. The second-order valence-corrected chi connectivity index (χ2v) is 7.64. The topological polar surface area (TPSA) is 90.8 Å². The predicted molar refractivity (Wildman–Crippen MR) is 113 cm³/mol. The summed E-state index contributed by atoms with van der Waals surface area (Å²) in [5.74, 6) is 0.535. The van der Waals surface area contributed by atoms with Gasteiger partial charge < -0.3 is 9.84 Å². The van der Waals surface area contributed by atoms with Gasteiger partial charge in [-0.2, -0.15) is 10.2 Å². The van der Waals surface area contributed by atoms with Crippen molar-refractivity contribution in [3.05, 3.63) is 81.0 Å². The van der Waals surface area contributed by atoms with Crippen LogP contribution in [-0.4, -0.2) is 30.6 Å².